The van der Waals surface area contributed by atoms with Crippen molar-refractivity contribution in [2.75, 3.05) is 5.75 Å². The number of thioether (sulfide) groups is 1. The highest BCUT2D eigenvalue weighted by atomic mass is 32.2. The largest absolute Gasteiger partial charge is 0.415 e. The molecular formula is C9H13N5OS. The number of aryl methyl sites for hydroxylation is 1. The van der Waals surface area contributed by atoms with Crippen LogP contribution < -0.4 is 5.73 Å². The van der Waals surface area contributed by atoms with Crippen molar-refractivity contribution in [1.29, 1.82) is 0 Å². The summed E-state index contributed by atoms with van der Waals surface area (Å²) in [5.41, 5.74) is 5.37. The fourth-order valence-electron chi connectivity index (χ4n) is 1.20. The molecule has 0 aliphatic rings. The van der Waals surface area contributed by atoms with Crippen molar-refractivity contribution in [3.05, 3.63) is 24.6 Å². The lowest BCUT2D eigenvalue weighted by Gasteiger charge is -1.99. The summed E-state index contributed by atoms with van der Waals surface area (Å²) in [5.74, 6) is 1.42. The Morgan fingerprint density at radius 1 is 1.44 bits per heavy atom. The van der Waals surface area contributed by atoms with E-state index in [0.717, 1.165) is 18.7 Å². The fraction of sp³-hybridized carbons (Fsp3) is 0.444. The molecule has 0 radical (unpaired) electrons. The Kier molecular flexibility index (Phi) is 3.95. The van der Waals surface area contributed by atoms with Crippen LogP contribution in [-0.4, -0.2) is 25.5 Å². The van der Waals surface area contributed by atoms with E-state index in [2.05, 4.69) is 15.2 Å². The lowest BCUT2D eigenvalue weighted by Crippen LogP contribution is -1.95. The Bertz CT molecular complexity index is 413. The van der Waals surface area contributed by atoms with E-state index < -0.39 is 0 Å². The molecule has 2 N–H and O–H groups in total. The SMILES string of the molecule is NCc1nnc(SCCCn2ccnc2)o1. The van der Waals surface area contributed by atoms with Gasteiger partial charge in [0.05, 0.1) is 12.9 Å². The molecule has 86 valence electrons. The first-order valence-electron chi connectivity index (χ1n) is 4.99. The average molecular weight is 239 g/mol. The lowest BCUT2D eigenvalue weighted by atomic mass is 10.5. The van der Waals surface area contributed by atoms with Crippen LogP contribution in [0, 0.1) is 0 Å². The third-order valence-electron chi connectivity index (χ3n) is 1.97. The van der Waals surface area contributed by atoms with E-state index >= 15 is 0 Å². The monoisotopic (exact) mass is 239 g/mol. The van der Waals surface area contributed by atoms with Gasteiger partial charge >= 0.3 is 0 Å². The molecular weight excluding hydrogens is 226 g/mol. The van der Waals surface area contributed by atoms with Crippen LogP contribution in [-0.2, 0) is 13.1 Å². The Morgan fingerprint density at radius 3 is 3.06 bits per heavy atom. The third kappa shape index (κ3) is 3.07. The van der Waals surface area contributed by atoms with E-state index in [1.807, 2.05) is 17.1 Å². The smallest absolute Gasteiger partial charge is 0.276 e. The first-order valence-corrected chi connectivity index (χ1v) is 5.98. The molecule has 0 saturated carbocycles. The number of hydrogen-bond acceptors (Lipinski definition) is 6. The van der Waals surface area contributed by atoms with Gasteiger partial charge in [-0.05, 0) is 6.42 Å². The van der Waals surface area contributed by atoms with Crippen LogP contribution in [0.15, 0.2) is 28.4 Å². The molecule has 0 atom stereocenters. The number of nitrogens with two attached hydrogens (primary N) is 1. The Balaban J connectivity index is 1.68. The molecule has 2 aromatic rings. The molecule has 6 nitrogen and oxygen atoms in total. The highest BCUT2D eigenvalue weighted by Crippen LogP contribution is 2.16. The van der Waals surface area contributed by atoms with Crippen LogP contribution in [0.4, 0.5) is 0 Å². The third-order valence-corrected chi connectivity index (χ3v) is 2.87. The molecule has 0 bridgehead atoms. The second-order valence-corrected chi connectivity index (χ2v) is 4.21. The highest BCUT2D eigenvalue weighted by molar-refractivity contribution is 7.99. The van der Waals surface area contributed by atoms with E-state index in [9.17, 15) is 0 Å². The quantitative estimate of drug-likeness (QED) is 0.596. The van der Waals surface area contributed by atoms with Crippen molar-refractivity contribution in [2.24, 2.45) is 5.73 Å². The lowest BCUT2D eigenvalue weighted by molar-refractivity contribution is 0.414. The number of hydrogen-bond donors (Lipinski definition) is 1. The fourth-order valence-corrected chi connectivity index (χ4v) is 1.91. The summed E-state index contributed by atoms with van der Waals surface area (Å²) < 4.78 is 7.31. The van der Waals surface area contributed by atoms with Crippen molar-refractivity contribution in [1.82, 2.24) is 19.7 Å². The first kappa shape index (κ1) is 11.2. The molecule has 0 unspecified atom stereocenters. The molecule has 0 spiro atoms. The maximum atomic E-state index is 5.37. The summed E-state index contributed by atoms with van der Waals surface area (Å²) >= 11 is 1.55. The maximum absolute atomic E-state index is 5.37. The minimum absolute atomic E-state index is 0.294. The predicted octanol–water partition coefficient (Wildman–Crippen LogP) is 0.907. The zero-order chi connectivity index (χ0) is 11.2. The van der Waals surface area contributed by atoms with Gasteiger partial charge in [0.25, 0.3) is 5.22 Å². The van der Waals surface area contributed by atoms with Gasteiger partial charge in [-0.1, -0.05) is 11.8 Å². The summed E-state index contributed by atoms with van der Waals surface area (Å²) in [6, 6.07) is 0. The van der Waals surface area contributed by atoms with Gasteiger partial charge < -0.3 is 14.7 Å². The van der Waals surface area contributed by atoms with Crippen LogP contribution in [0.1, 0.15) is 12.3 Å². The van der Waals surface area contributed by atoms with Gasteiger partial charge in [-0.15, -0.1) is 10.2 Å². The first-order chi connectivity index (χ1) is 7.88. The molecule has 0 aliphatic heterocycles. The second-order valence-electron chi connectivity index (χ2n) is 3.17. The molecule has 2 aromatic heterocycles. The van der Waals surface area contributed by atoms with E-state index in [1.165, 1.54) is 0 Å². The molecule has 0 aliphatic carbocycles. The number of imidazole rings is 1. The standard InChI is InChI=1S/C9H13N5OS/c10-6-8-12-13-9(15-8)16-5-1-3-14-4-2-11-7-14/h2,4,7H,1,3,5-6,10H2. The van der Waals surface area contributed by atoms with E-state index in [4.69, 9.17) is 10.2 Å². The Morgan fingerprint density at radius 2 is 2.38 bits per heavy atom. The normalized spacial score (nSPS) is 10.8. The zero-order valence-electron chi connectivity index (χ0n) is 8.74. The highest BCUT2D eigenvalue weighted by Gasteiger charge is 2.04. The molecule has 2 rings (SSSR count). The Hall–Kier alpha value is -1.34. The van der Waals surface area contributed by atoms with Gasteiger partial charge in [0.1, 0.15) is 0 Å². The number of nitrogens with zero attached hydrogens (tertiary/aromatic N) is 4. The minimum Gasteiger partial charge on any atom is -0.415 e. The topological polar surface area (TPSA) is 82.8 Å². The van der Waals surface area contributed by atoms with Gasteiger partial charge in [0.2, 0.25) is 5.89 Å². The van der Waals surface area contributed by atoms with Crippen molar-refractivity contribution >= 4 is 11.8 Å². The predicted molar refractivity (Wildman–Crippen MR) is 59.8 cm³/mol. The summed E-state index contributed by atoms with van der Waals surface area (Å²) in [6.07, 6.45) is 6.56. The number of aromatic nitrogens is 4. The van der Waals surface area contributed by atoms with Crippen LogP contribution in [0.5, 0.6) is 0 Å². The van der Waals surface area contributed by atoms with Gasteiger partial charge in [-0.2, -0.15) is 0 Å². The van der Waals surface area contributed by atoms with Crippen LogP contribution in [0.25, 0.3) is 0 Å². The number of rotatable bonds is 6. The van der Waals surface area contributed by atoms with Gasteiger partial charge in [-0.25, -0.2) is 4.98 Å². The van der Waals surface area contributed by atoms with E-state index in [-0.39, 0.29) is 0 Å². The minimum atomic E-state index is 0.294. The van der Waals surface area contributed by atoms with Crippen LogP contribution in [0.3, 0.4) is 0 Å². The van der Waals surface area contributed by atoms with Crippen molar-refractivity contribution in [3.8, 4) is 0 Å². The maximum Gasteiger partial charge on any atom is 0.276 e. The molecule has 16 heavy (non-hydrogen) atoms. The summed E-state index contributed by atoms with van der Waals surface area (Å²) in [7, 11) is 0. The summed E-state index contributed by atoms with van der Waals surface area (Å²) in [4.78, 5) is 3.97. The van der Waals surface area contributed by atoms with Crippen LogP contribution in [0.2, 0.25) is 0 Å². The second kappa shape index (κ2) is 5.66. The van der Waals surface area contributed by atoms with Crippen molar-refractivity contribution in [3.63, 3.8) is 0 Å². The van der Waals surface area contributed by atoms with Crippen molar-refractivity contribution < 1.29 is 4.42 Å². The molecule has 0 fully saturated rings. The molecule has 0 amide bonds. The Labute approximate surface area is 97.3 Å². The summed E-state index contributed by atoms with van der Waals surface area (Å²) in [5, 5.41) is 8.24. The molecule has 7 heteroatoms. The van der Waals surface area contributed by atoms with E-state index in [1.54, 1.807) is 18.0 Å². The van der Waals surface area contributed by atoms with E-state index in [0.29, 0.717) is 17.7 Å². The van der Waals surface area contributed by atoms with Gasteiger partial charge in [0, 0.05) is 24.7 Å². The average Bonchev–Trinajstić information content (AvgIpc) is 2.95. The molecule has 2 heterocycles. The summed E-state index contributed by atoms with van der Waals surface area (Å²) in [6.45, 7) is 1.24. The van der Waals surface area contributed by atoms with Crippen molar-refractivity contribution in [2.45, 2.75) is 24.7 Å². The molecule has 0 saturated heterocycles. The van der Waals surface area contributed by atoms with Gasteiger partial charge in [-0.3, -0.25) is 0 Å². The zero-order valence-corrected chi connectivity index (χ0v) is 9.56. The molecule has 0 aromatic carbocycles. The van der Waals surface area contributed by atoms with Gasteiger partial charge in [0.15, 0.2) is 0 Å². The van der Waals surface area contributed by atoms with Crippen LogP contribution >= 0.6 is 11.8 Å².